The minimum Gasteiger partial charge on any atom is -0.478 e. The van der Waals surface area contributed by atoms with Gasteiger partial charge in [0.25, 0.3) is 0 Å². The zero-order chi connectivity index (χ0) is 20.1. The number of carboxylic acid groups (broad SMARTS) is 1. The Labute approximate surface area is 165 Å². The smallest absolute Gasteiger partial charge is 0.345 e. The highest BCUT2D eigenvalue weighted by Gasteiger charge is 2.23. The molecule has 1 N–H and O–H groups in total. The van der Waals surface area contributed by atoms with Gasteiger partial charge in [-0.25, -0.2) is 4.79 Å². The van der Waals surface area contributed by atoms with Crippen molar-refractivity contribution in [3.8, 4) is 17.2 Å². The maximum Gasteiger partial charge on any atom is 0.345 e. The molecule has 1 atom stereocenters. The SMILES string of the molecule is Cc1cc(C)c(C)c(O[C@H](Cc2ccccc2Oc2ccccc2)C(=O)O)c1. The summed E-state index contributed by atoms with van der Waals surface area (Å²) in [5.74, 6) is 0.924. The Hall–Kier alpha value is -3.27. The Kier molecular flexibility index (Phi) is 5.99. The van der Waals surface area contributed by atoms with Crippen LogP contribution in [-0.4, -0.2) is 17.2 Å². The minimum absolute atomic E-state index is 0.199. The molecule has 0 heterocycles. The number of ether oxygens (including phenoxy) is 2. The fourth-order valence-corrected chi connectivity index (χ4v) is 3.04. The molecule has 144 valence electrons. The van der Waals surface area contributed by atoms with E-state index in [0.717, 1.165) is 22.3 Å². The van der Waals surface area contributed by atoms with E-state index >= 15 is 0 Å². The standard InChI is InChI=1S/C24H24O4/c1-16-13-17(2)18(3)22(14-16)28-23(24(25)26)15-19-9-7-8-12-21(19)27-20-10-5-4-6-11-20/h4-14,23H,15H2,1-3H3,(H,25,26)/t23-/m1/s1. The summed E-state index contributed by atoms with van der Waals surface area (Å²) < 4.78 is 11.9. The quantitative estimate of drug-likeness (QED) is 0.593. The lowest BCUT2D eigenvalue weighted by Crippen LogP contribution is -2.30. The van der Waals surface area contributed by atoms with Crippen molar-refractivity contribution < 1.29 is 19.4 Å². The third-order valence-electron chi connectivity index (χ3n) is 4.66. The van der Waals surface area contributed by atoms with Crippen LogP contribution in [0.2, 0.25) is 0 Å². The van der Waals surface area contributed by atoms with E-state index in [1.807, 2.05) is 81.4 Å². The molecule has 3 aromatic carbocycles. The molecule has 0 bridgehead atoms. The Balaban J connectivity index is 1.85. The van der Waals surface area contributed by atoms with Crippen LogP contribution in [0.5, 0.6) is 17.2 Å². The van der Waals surface area contributed by atoms with E-state index in [2.05, 4.69) is 6.07 Å². The summed E-state index contributed by atoms with van der Waals surface area (Å²) in [6, 6.07) is 20.8. The van der Waals surface area contributed by atoms with Gasteiger partial charge in [0.2, 0.25) is 0 Å². The van der Waals surface area contributed by atoms with Gasteiger partial charge in [-0.15, -0.1) is 0 Å². The summed E-state index contributed by atoms with van der Waals surface area (Å²) in [5, 5.41) is 9.74. The van der Waals surface area contributed by atoms with Gasteiger partial charge in [-0.2, -0.15) is 0 Å². The molecule has 0 unspecified atom stereocenters. The number of carbonyl (C=O) groups is 1. The predicted octanol–water partition coefficient (Wildman–Crippen LogP) is 5.48. The minimum atomic E-state index is -1.01. The first-order valence-electron chi connectivity index (χ1n) is 9.22. The third-order valence-corrected chi connectivity index (χ3v) is 4.66. The van der Waals surface area contributed by atoms with Crippen molar-refractivity contribution >= 4 is 5.97 Å². The first-order valence-corrected chi connectivity index (χ1v) is 9.22. The highest BCUT2D eigenvalue weighted by molar-refractivity contribution is 5.73. The second-order valence-electron chi connectivity index (χ2n) is 6.88. The van der Waals surface area contributed by atoms with Gasteiger partial charge in [0.1, 0.15) is 17.2 Å². The number of rotatable bonds is 7. The third kappa shape index (κ3) is 4.71. The first-order chi connectivity index (χ1) is 13.4. The van der Waals surface area contributed by atoms with Gasteiger partial charge in [0.05, 0.1) is 0 Å². The molecule has 0 saturated heterocycles. The maximum atomic E-state index is 11.9. The van der Waals surface area contributed by atoms with Gasteiger partial charge in [0.15, 0.2) is 6.10 Å². The van der Waals surface area contributed by atoms with Crippen LogP contribution in [0.25, 0.3) is 0 Å². The van der Waals surface area contributed by atoms with Gasteiger partial charge in [0, 0.05) is 6.42 Å². The molecule has 0 aliphatic rings. The summed E-state index contributed by atoms with van der Waals surface area (Å²) in [5.41, 5.74) is 3.84. The molecular formula is C24H24O4. The van der Waals surface area contributed by atoms with Gasteiger partial charge >= 0.3 is 5.97 Å². The summed E-state index contributed by atoms with van der Waals surface area (Å²) in [7, 11) is 0. The van der Waals surface area contributed by atoms with Gasteiger partial charge in [-0.05, 0) is 67.3 Å². The van der Waals surface area contributed by atoms with Crippen LogP contribution in [0, 0.1) is 20.8 Å². The second-order valence-corrected chi connectivity index (χ2v) is 6.88. The topological polar surface area (TPSA) is 55.8 Å². The van der Waals surface area contributed by atoms with E-state index in [-0.39, 0.29) is 6.42 Å². The Morgan fingerprint density at radius 1 is 0.929 bits per heavy atom. The molecule has 3 rings (SSSR count). The number of benzene rings is 3. The molecule has 0 aliphatic carbocycles. The monoisotopic (exact) mass is 376 g/mol. The van der Waals surface area contributed by atoms with Gasteiger partial charge < -0.3 is 14.6 Å². The average molecular weight is 376 g/mol. The maximum absolute atomic E-state index is 11.9. The van der Waals surface area contributed by atoms with Gasteiger partial charge in [-0.1, -0.05) is 42.5 Å². The van der Waals surface area contributed by atoms with Crippen LogP contribution in [0.3, 0.4) is 0 Å². The molecule has 0 fully saturated rings. The zero-order valence-corrected chi connectivity index (χ0v) is 16.3. The number of para-hydroxylation sites is 2. The molecule has 4 nitrogen and oxygen atoms in total. The van der Waals surface area contributed by atoms with Crippen molar-refractivity contribution in [2.24, 2.45) is 0 Å². The summed E-state index contributed by atoms with van der Waals surface area (Å²) in [6.07, 6.45) is -0.814. The van der Waals surface area contributed by atoms with E-state index in [1.165, 1.54) is 0 Å². The molecule has 3 aromatic rings. The van der Waals surface area contributed by atoms with E-state index in [1.54, 1.807) is 0 Å². The number of hydrogen-bond acceptors (Lipinski definition) is 3. The van der Waals surface area contributed by atoms with Gasteiger partial charge in [-0.3, -0.25) is 0 Å². The van der Waals surface area contributed by atoms with Crippen molar-refractivity contribution in [1.82, 2.24) is 0 Å². The Morgan fingerprint density at radius 2 is 1.61 bits per heavy atom. The van der Waals surface area contributed by atoms with Crippen molar-refractivity contribution in [2.45, 2.75) is 33.3 Å². The molecule has 0 amide bonds. The molecule has 0 saturated carbocycles. The lowest BCUT2D eigenvalue weighted by atomic mass is 10.0. The van der Waals surface area contributed by atoms with Crippen LogP contribution in [0.4, 0.5) is 0 Å². The number of aryl methyl sites for hydroxylation is 2. The Morgan fingerprint density at radius 3 is 2.32 bits per heavy atom. The molecule has 28 heavy (non-hydrogen) atoms. The summed E-state index contributed by atoms with van der Waals surface area (Å²) in [4.78, 5) is 11.9. The van der Waals surface area contributed by atoms with E-state index in [9.17, 15) is 9.90 Å². The molecular weight excluding hydrogens is 352 g/mol. The van der Waals surface area contributed by atoms with E-state index in [4.69, 9.17) is 9.47 Å². The fourth-order valence-electron chi connectivity index (χ4n) is 3.04. The molecule has 4 heteroatoms. The van der Waals surface area contributed by atoms with Crippen molar-refractivity contribution in [3.63, 3.8) is 0 Å². The van der Waals surface area contributed by atoms with Crippen LogP contribution in [-0.2, 0) is 11.2 Å². The van der Waals surface area contributed by atoms with E-state index in [0.29, 0.717) is 17.2 Å². The number of carboxylic acids is 1. The lowest BCUT2D eigenvalue weighted by Gasteiger charge is -2.19. The van der Waals surface area contributed by atoms with Crippen LogP contribution in [0.15, 0.2) is 66.7 Å². The number of hydrogen-bond donors (Lipinski definition) is 1. The fraction of sp³-hybridized carbons (Fsp3) is 0.208. The first kappa shape index (κ1) is 19.5. The average Bonchev–Trinajstić information content (AvgIpc) is 2.67. The van der Waals surface area contributed by atoms with Crippen LogP contribution in [0.1, 0.15) is 22.3 Å². The van der Waals surface area contributed by atoms with E-state index < -0.39 is 12.1 Å². The highest BCUT2D eigenvalue weighted by atomic mass is 16.5. The molecule has 0 radical (unpaired) electrons. The normalized spacial score (nSPS) is 11.7. The molecule has 0 aliphatic heterocycles. The molecule has 0 spiro atoms. The second kappa shape index (κ2) is 8.61. The van der Waals surface area contributed by atoms with Crippen molar-refractivity contribution in [1.29, 1.82) is 0 Å². The largest absolute Gasteiger partial charge is 0.478 e. The van der Waals surface area contributed by atoms with Crippen LogP contribution < -0.4 is 9.47 Å². The Bertz CT molecular complexity index is 964. The lowest BCUT2D eigenvalue weighted by molar-refractivity contribution is -0.145. The predicted molar refractivity (Wildman–Crippen MR) is 109 cm³/mol. The summed E-state index contributed by atoms with van der Waals surface area (Å²) >= 11 is 0. The van der Waals surface area contributed by atoms with Crippen molar-refractivity contribution in [2.75, 3.05) is 0 Å². The zero-order valence-electron chi connectivity index (χ0n) is 16.3. The highest BCUT2D eigenvalue weighted by Crippen LogP contribution is 2.29. The van der Waals surface area contributed by atoms with Crippen molar-refractivity contribution in [3.05, 3.63) is 89.0 Å². The summed E-state index contributed by atoms with van der Waals surface area (Å²) in [6.45, 7) is 5.90. The van der Waals surface area contributed by atoms with Crippen LogP contribution >= 0.6 is 0 Å². The molecule has 0 aromatic heterocycles. The number of aliphatic carboxylic acids is 1.